The normalized spacial score (nSPS) is 21.1. The summed E-state index contributed by atoms with van der Waals surface area (Å²) in [4.78, 5) is 4.56. The number of benzene rings is 1. The minimum Gasteiger partial charge on any atom is -0.419 e. The van der Waals surface area contributed by atoms with E-state index < -0.39 is 0 Å². The van der Waals surface area contributed by atoms with Crippen LogP contribution in [0.15, 0.2) is 28.7 Å². The molecule has 1 N–H and O–H groups in total. The third-order valence-corrected chi connectivity index (χ3v) is 4.26. The second-order valence-electron chi connectivity index (χ2n) is 6.44. The zero-order valence-corrected chi connectivity index (χ0v) is 14.0. The van der Waals surface area contributed by atoms with E-state index in [4.69, 9.17) is 4.42 Å². The minimum absolute atomic E-state index is 0.289. The fourth-order valence-electron chi connectivity index (χ4n) is 3.04. The fraction of sp³-hybridized carbons (Fsp3) is 0.529. The van der Waals surface area contributed by atoms with Crippen molar-refractivity contribution >= 4 is 0 Å². The number of hydrogen-bond acceptors (Lipinski definition) is 6. The molecular formula is C17H23FN4O2. The van der Waals surface area contributed by atoms with E-state index in [0.29, 0.717) is 36.5 Å². The van der Waals surface area contributed by atoms with Gasteiger partial charge >= 0.3 is 0 Å². The van der Waals surface area contributed by atoms with E-state index in [1.165, 1.54) is 12.1 Å². The van der Waals surface area contributed by atoms with Crippen LogP contribution < -0.4 is 0 Å². The van der Waals surface area contributed by atoms with E-state index in [9.17, 15) is 9.50 Å². The fourth-order valence-corrected chi connectivity index (χ4v) is 3.04. The van der Waals surface area contributed by atoms with Crippen LogP contribution in [-0.4, -0.2) is 63.4 Å². The van der Waals surface area contributed by atoms with Crippen LogP contribution in [-0.2, 0) is 6.54 Å². The van der Waals surface area contributed by atoms with Crippen LogP contribution in [0, 0.1) is 5.82 Å². The summed E-state index contributed by atoms with van der Waals surface area (Å²) < 4.78 is 18.7. The maximum atomic E-state index is 13.0. The lowest BCUT2D eigenvalue weighted by atomic mass is 10.1. The third-order valence-electron chi connectivity index (χ3n) is 4.26. The Morgan fingerprint density at radius 2 is 2.04 bits per heavy atom. The molecule has 0 amide bonds. The first-order valence-corrected chi connectivity index (χ1v) is 8.24. The summed E-state index contributed by atoms with van der Waals surface area (Å²) in [6.45, 7) is 7.96. The lowest BCUT2D eigenvalue weighted by Crippen LogP contribution is -2.53. The van der Waals surface area contributed by atoms with Gasteiger partial charge in [0.1, 0.15) is 5.82 Å². The zero-order valence-electron chi connectivity index (χ0n) is 14.0. The molecule has 0 radical (unpaired) electrons. The Labute approximate surface area is 140 Å². The minimum atomic E-state index is -0.312. The zero-order chi connectivity index (χ0) is 17.1. The lowest BCUT2D eigenvalue weighted by molar-refractivity contribution is 0.0393. The molecule has 2 aromatic rings. The Kier molecular flexibility index (Phi) is 5.23. The average Bonchev–Trinajstić information content (AvgIpc) is 2.99. The molecule has 0 saturated carbocycles. The van der Waals surface area contributed by atoms with Crippen molar-refractivity contribution in [2.24, 2.45) is 0 Å². The summed E-state index contributed by atoms with van der Waals surface area (Å²) in [6.07, 6.45) is -0.312. The van der Waals surface area contributed by atoms with Gasteiger partial charge < -0.3 is 9.52 Å². The lowest BCUT2D eigenvalue weighted by Gasteiger charge is -2.39. The van der Waals surface area contributed by atoms with Gasteiger partial charge in [0.2, 0.25) is 11.8 Å². The van der Waals surface area contributed by atoms with Crippen LogP contribution >= 0.6 is 0 Å². The van der Waals surface area contributed by atoms with Gasteiger partial charge in [-0.15, -0.1) is 10.2 Å². The molecule has 1 aromatic heterocycles. The van der Waals surface area contributed by atoms with Crippen LogP contribution in [0.1, 0.15) is 19.7 Å². The highest BCUT2D eigenvalue weighted by atomic mass is 19.1. The Hall–Kier alpha value is -1.83. The summed E-state index contributed by atoms with van der Waals surface area (Å²) in [6, 6.07) is 6.38. The van der Waals surface area contributed by atoms with Gasteiger partial charge in [0.05, 0.1) is 12.6 Å². The van der Waals surface area contributed by atoms with Gasteiger partial charge in [0.25, 0.3) is 0 Å². The molecule has 6 nitrogen and oxygen atoms in total. The molecule has 1 aliphatic rings. The molecule has 2 unspecified atom stereocenters. The number of hydrogen-bond donors (Lipinski definition) is 1. The first-order chi connectivity index (χ1) is 11.5. The summed E-state index contributed by atoms with van der Waals surface area (Å²) in [5.41, 5.74) is 0.713. The number of aliphatic hydroxyl groups excluding tert-OH is 1. The van der Waals surface area contributed by atoms with Gasteiger partial charge in [-0.1, -0.05) is 0 Å². The molecule has 24 heavy (non-hydrogen) atoms. The summed E-state index contributed by atoms with van der Waals surface area (Å²) >= 11 is 0. The number of aliphatic hydroxyl groups is 1. The maximum Gasteiger partial charge on any atom is 0.247 e. The van der Waals surface area contributed by atoms with Crippen molar-refractivity contribution in [1.82, 2.24) is 20.0 Å². The first-order valence-electron chi connectivity index (χ1n) is 8.24. The van der Waals surface area contributed by atoms with Crippen molar-refractivity contribution in [3.63, 3.8) is 0 Å². The van der Waals surface area contributed by atoms with Gasteiger partial charge in [-0.2, -0.15) is 0 Å². The molecule has 2 atom stereocenters. The summed E-state index contributed by atoms with van der Waals surface area (Å²) in [5.74, 6) is 0.679. The van der Waals surface area contributed by atoms with Crippen molar-refractivity contribution in [3.05, 3.63) is 36.0 Å². The molecule has 1 fully saturated rings. The molecule has 7 heteroatoms. The van der Waals surface area contributed by atoms with E-state index in [1.807, 2.05) is 6.92 Å². The highest BCUT2D eigenvalue weighted by molar-refractivity contribution is 5.51. The van der Waals surface area contributed by atoms with E-state index in [1.54, 1.807) is 12.1 Å². The summed E-state index contributed by atoms with van der Waals surface area (Å²) in [5, 5.41) is 17.7. The number of nitrogens with zero attached hydrogens (tertiary/aromatic N) is 4. The monoisotopic (exact) mass is 334 g/mol. The van der Waals surface area contributed by atoms with Crippen LogP contribution in [0.25, 0.3) is 11.5 Å². The van der Waals surface area contributed by atoms with E-state index in [-0.39, 0.29) is 11.9 Å². The van der Waals surface area contributed by atoms with E-state index in [2.05, 4.69) is 26.9 Å². The largest absolute Gasteiger partial charge is 0.419 e. The maximum absolute atomic E-state index is 13.0. The number of aromatic nitrogens is 2. The second-order valence-corrected chi connectivity index (χ2v) is 6.44. The van der Waals surface area contributed by atoms with Crippen molar-refractivity contribution in [1.29, 1.82) is 0 Å². The number of rotatable bonds is 5. The van der Waals surface area contributed by atoms with Crippen LogP contribution in [0.3, 0.4) is 0 Å². The van der Waals surface area contributed by atoms with Gasteiger partial charge in [-0.25, -0.2) is 4.39 Å². The Morgan fingerprint density at radius 1 is 1.29 bits per heavy atom. The van der Waals surface area contributed by atoms with Crippen molar-refractivity contribution in [3.8, 4) is 11.5 Å². The van der Waals surface area contributed by atoms with Crippen LogP contribution in [0.4, 0.5) is 4.39 Å². The molecule has 130 valence electrons. The Balaban J connectivity index is 1.58. The van der Waals surface area contributed by atoms with Crippen LogP contribution in [0.2, 0.25) is 0 Å². The molecule has 1 saturated heterocycles. The van der Waals surface area contributed by atoms with Crippen LogP contribution in [0.5, 0.6) is 0 Å². The standard InChI is InChI=1S/C17H23FN4O2/c1-12-9-21(7-8-22(12)10-13(2)23)11-16-19-20-17(24-16)14-3-5-15(18)6-4-14/h3-6,12-13,23H,7-11H2,1-2H3. The predicted molar refractivity (Wildman–Crippen MR) is 87.7 cm³/mol. The van der Waals surface area contributed by atoms with Gasteiger partial charge in [-0.3, -0.25) is 9.80 Å². The molecule has 3 rings (SSSR count). The molecule has 1 aromatic carbocycles. The SMILES string of the molecule is CC(O)CN1CCN(Cc2nnc(-c3ccc(F)cc3)o2)CC1C. The number of halogens is 1. The van der Waals surface area contributed by atoms with Gasteiger partial charge in [0.15, 0.2) is 0 Å². The Bertz CT molecular complexity index is 659. The highest BCUT2D eigenvalue weighted by Crippen LogP contribution is 2.19. The molecule has 0 bridgehead atoms. The first kappa shape index (κ1) is 17.0. The quantitative estimate of drug-likeness (QED) is 0.899. The number of piperazine rings is 1. The summed E-state index contributed by atoms with van der Waals surface area (Å²) in [7, 11) is 0. The molecule has 2 heterocycles. The Morgan fingerprint density at radius 3 is 2.71 bits per heavy atom. The van der Waals surface area contributed by atoms with E-state index in [0.717, 1.165) is 19.6 Å². The predicted octanol–water partition coefficient (Wildman–Crippen LogP) is 1.76. The molecule has 0 spiro atoms. The highest BCUT2D eigenvalue weighted by Gasteiger charge is 2.25. The second kappa shape index (κ2) is 7.38. The molecular weight excluding hydrogens is 311 g/mol. The van der Waals surface area contributed by atoms with Gasteiger partial charge in [0, 0.05) is 37.8 Å². The molecule has 0 aliphatic carbocycles. The molecule has 1 aliphatic heterocycles. The van der Waals surface area contributed by atoms with E-state index >= 15 is 0 Å². The third kappa shape index (κ3) is 4.17. The van der Waals surface area contributed by atoms with Crippen molar-refractivity contribution in [2.75, 3.05) is 26.2 Å². The smallest absolute Gasteiger partial charge is 0.247 e. The number of β-amino-alcohol motifs (C(OH)–C–C–N with tert-alkyl or cyclic N) is 1. The van der Waals surface area contributed by atoms with Crippen molar-refractivity contribution < 1.29 is 13.9 Å². The van der Waals surface area contributed by atoms with Crippen molar-refractivity contribution in [2.45, 2.75) is 32.5 Å². The average molecular weight is 334 g/mol. The van der Waals surface area contributed by atoms with Gasteiger partial charge in [-0.05, 0) is 38.1 Å². The topological polar surface area (TPSA) is 65.6 Å².